The lowest BCUT2D eigenvalue weighted by molar-refractivity contribution is 0.556. The zero-order valence-corrected chi connectivity index (χ0v) is 17.5. The Kier molecular flexibility index (Phi) is 9.55. The van der Waals surface area contributed by atoms with Crippen molar-refractivity contribution in [2.45, 2.75) is 77.6 Å². The van der Waals surface area contributed by atoms with Crippen LogP contribution in [0.3, 0.4) is 0 Å². The lowest BCUT2D eigenvalue weighted by atomic mass is 10.0. The Morgan fingerprint density at radius 3 is 2.17 bits per heavy atom. The van der Waals surface area contributed by atoms with Gasteiger partial charge >= 0.3 is 0 Å². The molecule has 0 saturated carbocycles. The molecule has 0 spiro atoms. The van der Waals surface area contributed by atoms with Crippen molar-refractivity contribution in [3.05, 3.63) is 32.9 Å². The number of rotatable bonds is 12. The first-order valence-electron chi connectivity index (χ1n) is 9.13. The van der Waals surface area contributed by atoms with Crippen LogP contribution in [0, 0.1) is 0 Å². The van der Waals surface area contributed by atoms with Crippen LogP contribution < -0.4 is 0 Å². The number of hydrogen-bond acceptors (Lipinski definition) is 2. The summed E-state index contributed by atoms with van der Waals surface area (Å²) in [4.78, 5) is 2.89. The number of unbranched alkanes of at least 4 members (excludes halogenated alkanes) is 9. The maximum atomic E-state index is 3.66. The summed E-state index contributed by atoms with van der Waals surface area (Å²) in [5, 5.41) is 2.17. The molecule has 0 nitrogen and oxygen atoms in total. The molecule has 2 aromatic heterocycles. The summed E-state index contributed by atoms with van der Waals surface area (Å²) in [6.07, 6.45) is 15.3. The smallest absolute Gasteiger partial charge is 0.0708 e. The molecule has 3 heteroatoms. The van der Waals surface area contributed by atoms with Crippen molar-refractivity contribution in [2.24, 2.45) is 0 Å². The molecule has 0 radical (unpaired) electrons. The molecular formula is C20H29BrS2. The molecule has 0 aliphatic carbocycles. The van der Waals surface area contributed by atoms with Crippen LogP contribution in [0.25, 0.3) is 9.75 Å². The van der Waals surface area contributed by atoms with E-state index in [-0.39, 0.29) is 0 Å². The van der Waals surface area contributed by atoms with Gasteiger partial charge in [-0.15, -0.1) is 22.7 Å². The Morgan fingerprint density at radius 1 is 0.913 bits per heavy atom. The molecule has 0 aromatic carbocycles. The van der Waals surface area contributed by atoms with Crippen LogP contribution in [-0.4, -0.2) is 0 Å². The first-order valence-corrected chi connectivity index (χ1v) is 11.6. The molecule has 0 atom stereocenters. The largest absolute Gasteiger partial charge is 0.143 e. The lowest BCUT2D eigenvalue weighted by Gasteiger charge is -2.03. The first-order chi connectivity index (χ1) is 11.3. The molecule has 2 heterocycles. The van der Waals surface area contributed by atoms with Crippen LogP contribution in [0.1, 0.15) is 76.7 Å². The van der Waals surface area contributed by atoms with Gasteiger partial charge in [0, 0.05) is 9.75 Å². The zero-order valence-electron chi connectivity index (χ0n) is 14.3. The average Bonchev–Trinajstić information content (AvgIpc) is 3.18. The third-order valence-corrected chi connectivity index (χ3v) is 7.05. The van der Waals surface area contributed by atoms with Gasteiger partial charge in [0.1, 0.15) is 0 Å². The summed E-state index contributed by atoms with van der Waals surface area (Å²) in [7, 11) is 0. The lowest BCUT2D eigenvalue weighted by Crippen LogP contribution is -1.86. The van der Waals surface area contributed by atoms with Crippen LogP contribution >= 0.6 is 38.6 Å². The van der Waals surface area contributed by atoms with Gasteiger partial charge in [0.05, 0.1) is 3.79 Å². The minimum atomic E-state index is 1.23. The molecule has 2 aromatic rings. The molecule has 0 fully saturated rings. The van der Waals surface area contributed by atoms with E-state index >= 15 is 0 Å². The van der Waals surface area contributed by atoms with Crippen molar-refractivity contribution in [1.82, 2.24) is 0 Å². The maximum absolute atomic E-state index is 3.66. The highest BCUT2D eigenvalue weighted by molar-refractivity contribution is 9.11. The van der Waals surface area contributed by atoms with Gasteiger partial charge in [0.25, 0.3) is 0 Å². The summed E-state index contributed by atoms with van der Waals surface area (Å²) in [5.41, 5.74) is 1.53. The van der Waals surface area contributed by atoms with E-state index in [4.69, 9.17) is 0 Å². The number of halogens is 1. The van der Waals surface area contributed by atoms with Crippen molar-refractivity contribution >= 4 is 38.6 Å². The van der Waals surface area contributed by atoms with E-state index in [0.29, 0.717) is 0 Å². The van der Waals surface area contributed by atoms with Crippen LogP contribution in [-0.2, 0) is 6.42 Å². The highest BCUT2D eigenvalue weighted by Gasteiger charge is 2.10. The third-order valence-electron chi connectivity index (χ3n) is 4.32. The van der Waals surface area contributed by atoms with Crippen LogP contribution in [0.4, 0.5) is 0 Å². The standard InChI is InChI=1S/C20H29BrS2/c1-2-3-4-5-6-7-8-9-10-11-13-17-16-19(21)23-20(17)18-14-12-15-22-18/h12,14-16H,2-11,13H2,1H3. The second-order valence-corrected chi connectivity index (χ2v) is 9.69. The Bertz CT molecular complexity index is 528. The Balaban J connectivity index is 1.60. The quantitative estimate of drug-likeness (QED) is 0.305. The van der Waals surface area contributed by atoms with Gasteiger partial charge in [-0.1, -0.05) is 70.8 Å². The second kappa shape index (κ2) is 11.4. The van der Waals surface area contributed by atoms with E-state index in [0.717, 1.165) is 0 Å². The number of thiophene rings is 2. The van der Waals surface area contributed by atoms with Crippen LogP contribution in [0.15, 0.2) is 27.4 Å². The highest BCUT2D eigenvalue weighted by Crippen LogP contribution is 2.38. The monoisotopic (exact) mass is 412 g/mol. The fraction of sp³-hybridized carbons (Fsp3) is 0.600. The average molecular weight is 413 g/mol. The van der Waals surface area contributed by atoms with Gasteiger partial charge < -0.3 is 0 Å². The molecule has 2 rings (SSSR count). The first kappa shape index (κ1) is 19.2. The van der Waals surface area contributed by atoms with Crippen molar-refractivity contribution in [2.75, 3.05) is 0 Å². The minimum Gasteiger partial charge on any atom is -0.143 e. The van der Waals surface area contributed by atoms with Gasteiger partial charge in [0.15, 0.2) is 0 Å². The molecule has 0 saturated heterocycles. The zero-order chi connectivity index (χ0) is 16.3. The van der Waals surface area contributed by atoms with Gasteiger partial charge in [-0.3, -0.25) is 0 Å². The predicted molar refractivity (Wildman–Crippen MR) is 111 cm³/mol. The molecule has 0 aliphatic heterocycles. The normalized spacial score (nSPS) is 11.2. The SMILES string of the molecule is CCCCCCCCCCCCc1cc(Br)sc1-c1cccs1. The predicted octanol–water partition coefficient (Wildman–Crippen LogP) is 8.70. The van der Waals surface area contributed by atoms with E-state index in [1.165, 1.54) is 89.7 Å². The van der Waals surface area contributed by atoms with E-state index in [9.17, 15) is 0 Å². The maximum Gasteiger partial charge on any atom is 0.0708 e. The van der Waals surface area contributed by atoms with Gasteiger partial charge in [-0.05, 0) is 51.8 Å². The fourth-order valence-corrected chi connectivity index (χ4v) is 5.59. The molecule has 23 heavy (non-hydrogen) atoms. The van der Waals surface area contributed by atoms with Gasteiger partial charge in [-0.2, -0.15) is 0 Å². The molecule has 0 N–H and O–H groups in total. The molecular weight excluding hydrogens is 384 g/mol. The summed E-state index contributed by atoms with van der Waals surface area (Å²) < 4.78 is 1.27. The summed E-state index contributed by atoms with van der Waals surface area (Å²) in [5.74, 6) is 0. The van der Waals surface area contributed by atoms with E-state index in [1.54, 1.807) is 0 Å². The van der Waals surface area contributed by atoms with Crippen LogP contribution in [0.5, 0.6) is 0 Å². The van der Waals surface area contributed by atoms with Gasteiger partial charge in [-0.25, -0.2) is 0 Å². The van der Waals surface area contributed by atoms with E-state index in [1.807, 2.05) is 22.7 Å². The van der Waals surface area contributed by atoms with Crippen LogP contribution in [0.2, 0.25) is 0 Å². The van der Waals surface area contributed by atoms with Gasteiger partial charge in [0.2, 0.25) is 0 Å². The van der Waals surface area contributed by atoms with E-state index in [2.05, 4.69) is 46.4 Å². The minimum absolute atomic E-state index is 1.23. The Morgan fingerprint density at radius 2 is 1.57 bits per heavy atom. The fourth-order valence-electron chi connectivity index (χ4n) is 3.00. The summed E-state index contributed by atoms with van der Waals surface area (Å²) >= 11 is 7.39. The molecule has 0 unspecified atom stereocenters. The van der Waals surface area contributed by atoms with Crippen molar-refractivity contribution in [1.29, 1.82) is 0 Å². The second-order valence-electron chi connectivity index (χ2n) is 6.31. The molecule has 0 amide bonds. The van der Waals surface area contributed by atoms with E-state index < -0.39 is 0 Å². The summed E-state index contributed by atoms with van der Waals surface area (Å²) in [6, 6.07) is 6.72. The molecule has 128 valence electrons. The number of hydrogen-bond donors (Lipinski definition) is 0. The van der Waals surface area contributed by atoms with Crippen molar-refractivity contribution < 1.29 is 0 Å². The Hall–Kier alpha value is -0.120. The molecule has 0 aliphatic rings. The Labute approximate surface area is 158 Å². The van der Waals surface area contributed by atoms with Crippen molar-refractivity contribution in [3.63, 3.8) is 0 Å². The number of aryl methyl sites for hydroxylation is 1. The molecule has 0 bridgehead atoms. The third kappa shape index (κ3) is 7.11. The van der Waals surface area contributed by atoms with Crippen molar-refractivity contribution in [3.8, 4) is 9.75 Å². The topological polar surface area (TPSA) is 0 Å². The summed E-state index contributed by atoms with van der Waals surface area (Å²) in [6.45, 7) is 2.29. The highest BCUT2D eigenvalue weighted by atomic mass is 79.9.